The zero-order chi connectivity index (χ0) is 24.4. The number of benzene rings is 1. The van der Waals surface area contributed by atoms with E-state index in [0.29, 0.717) is 0 Å². The van der Waals surface area contributed by atoms with Crippen LogP contribution in [0.1, 0.15) is 20.8 Å². The molecule has 3 unspecified atom stereocenters. The van der Waals surface area contributed by atoms with Gasteiger partial charge in [-0.3, -0.25) is 0 Å². The van der Waals surface area contributed by atoms with Crippen LogP contribution in [0.25, 0.3) is 22.6 Å². The molecular formula is C16H22AlN3O9P3S+3. The quantitative estimate of drug-likeness (QED) is 0.335. The number of thiazole rings is 1. The first-order chi connectivity index (χ1) is 15.2. The molecule has 0 fully saturated rings. The Morgan fingerprint density at radius 2 is 1.39 bits per heavy atom. The number of nitrogens with one attached hydrogen (secondary N) is 1. The smallest absolute Gasteiger partial charge is 0.566 e. The van der Waals surface area contributed by atoms with Crippen molar-refractivity contribution < 1.29 is 41.9 Å². The predicted molar refractivity (Wildman–Crippen MR) is 121 cm³/mol. The second-order valence-corrected chi connectivity index (χ2v) is 7.74. The molecule has 3 rings (SSSR count). The molecule has 176 valence electrons. The van der Waals surface area contributed by atoms with E-state index in [4.69, 9.17) is 0 Å². The van der Waals surface area contributed by atoms with Gasteiger partial charge in [-0.1, -0.05) is 12.1 Å². The third-order valence-corrected chi connectivity index (χ3v) is 4.76. The first-order valence-corrected chi connectivity index (χ1v) is 13.1. The van der Waals surface area contributed by atoms with Crippen LogP contribution in [-0.4, -0.2) is 52.1 Å². The summed E-state index contributed by atoms with van der Waals surface area (Å²) >= 11 is 1.57. The molecule has 12 nitrogen and oxygen atoms in total. The molecular weight excluding hydrogens is 530 g/mol. The number of H-pyrrole nitrogens is 1. The standard InChI is InChI=1S/C10H7N3S.3C2H5O3P.Al/c1-2-4-8-7(3-1)12-10(13-8)9-5-14-6-11-9;3*1-2-5-6(3)4;/h1-6H,(H,12,13);3*2H2,1H3;/q;;;;+3. The van der Waals surface area contributed by atoms with Crippen molar-refractivity contribution in [2.45, 2.75) is 20.8 Å². The molecule has 3 aromatic rings. The molecule has 1 N–H and O–H groups in total. The topological polar surface area (TPSA) is 190 Å². The number of rotatable bonds is 7. The number of nitrogens with zero attached hydrogens (tertiary/aromatic N) is 2. The molecule has 0 aliphatic carbocycles. The Labute approximate surface area is 208 Å². The largest absolute Gasteiger partial charge is 3.00 e. The van der Waals surface area contributed by atoms with E-state index in [0.717, 1.165) is 22.6 Å². The van der Waals surface area contributed by atoms with Gasteiger partial charge in [0.15, 0.2) is 5.82 Å². The summed E-state index contributed by atoms with van der Waals surface area (Å²) in [6.07, 6.45) is 0. The number of hydrogen-bond acceptors (Lipinski definition) is 12. The van der Waals surface area contributed by atoms with Gasteiger partial charge in [0.2, 0.25) is 0 Å². The van der Waals surface area contributed by atoms with Crippen LogP contribution >= 0.6 is 36.1 Å². The van der Waals surface area contributed by atoms with Crippen molar-refractivity contribution >= 4 is 64.5 Å². The molecule has 0 aliphatic heterocycles. The Morgan fingerprint density at radius 1 is 0.909 bits per heavy atom. The second-order valence-electron chi connectivity index (χ2n) is 4.90. The van der Waals surface area contributed by atoms with Crippen molar-refractivity contribution in [1.29, 1.82) is 0 Å². The van der Waals surface area contributed by atoms with Gasteiger partial charge in [-0.25, -0.2) is 9.97 Å². The van der Waals surface area contributed by atoms with Gasteiger partial charge in [-0.2, -0.15) is 0 Å². The van der Waals surface area contributed by atoms with Crippen LogP contribution < -0.4 is 14.7 Å². The number of imidazole rings is 1. The second kappa shape index (κ2) is 21.4. The molecule has 2 heterocycles. The van der Waals surface area contributed by atoms with Gasteiger partial charge in [-0.15, -0.1) is 24.9 Å². The summed E-state index contributed by atoms with van der Waals surface area (Å²) in [6, 6.07) is 7.97. The molecule has 0 saturated heterocycles. The fourth-order valence-corrected chi connectivity index (χ4v) is 2.89. The van der Waals surface area contributed by atoms with E-state index in [2.05, 4.69) is 28.5 Å². The molecule has 3 atom stereocenters. The van der Waals surface area contributed by atoms with Crippen molar-refractivity contribution in [3.8, 4) is 11.5 Å². The molecule has 2 aromatic heterocycles. The van der Waals surface area contributed by atoms with E-state index in [1.165, 1.54) is 0 Å². The van der Waals surface area contributed by atoms with Crippen molar-refractivity contribution in [3.05, 3.63) is 35.2 Å². The van der Waals surface area contributed by atoms with Crippen LogP contribution in [0.4, 0.5) is 0 Å². The van der Waals surface area contributed by atoms with Crippen LogP contribution in [0.5, 0.6) is 0 Å². The number of hydrogen-bond donors (Lipinski definition) is 1. The Bertz CT molecular complexity index is 877. The minimum Gasteiger partial charge on any atom is -0.566 e. The van der Waals surface area contributed by atoms with Gasteiger partial charge < -0.3 is 19.7 Å². The summed E-state index contributed by atoms with van der Waals surface area (Å²) in [5, 5.41) is 1.98. The minimum atomic E-state index is -2.60. The average Bonchev–Trinajstić information content (AvgIpc) is 3.39. The Hall–Kier alpha value is -1.09. The molecule has 0 aliphatic rings. The Balaban J connectivity index is 0. The maximum Gasteiger partial charge on any atom is 3.00 e. The first kappa shape index (κ1) is 34.1. The SMILES string of the molecule is CCO[P+](=O)[O-].CCO[P+](=O)[O-].CCO[P+](=O)[O-].[Al+3].c1ccc2[nH]c(-c3cscn3)nc2c1. The van der Waals surface area contributed by atoms with Crippen LogP contribution in [-0.2, 0) is 27.3 Å². The monoisotopic (exact) mass is 552 g/mol. The summed E-state index contributed by atoms with van der Waals surface area (Å²) in [5.41, 5.74) is 4.75. The van der Waals surface area contributed by atoms with Gasteiger partial charge in [0.25, 0.3) is 0 Å². The molecule has 0 spiro atoms. The molecule has 33 heavy (non-hydrogen) atoms. The summed E-state index contributed by atoms with van der Waals surface area (Å²) in [6.45, 7) is 5.55. The number of aromatic amines is 1. The van der Waals surface area contributed by atoms with Crippen molar-refractivity contribution in [2.75, 3.05) is 19.8 Å². The summed E-state index contributed by atoms with van der Waals surface area (Å²) in [5.74, 6) is 0.840. The molecule has 17 heteroatoms. The van der Waals surface area contributed by atoms with Crippen LogP contribution in [0, 0.1) is 0 Å². The van der Waals surface area contributed by atoms with Gasteiger partial charge in [0, 0.05) is 5.38 Å². The summed E-state index contributed by atoms with van der Waals surface area (Å²) in [7, 11) is -7.80. The molecule has 0 bridgehead atoms. The molecule has 0 amide bonds. The normalized spacial score (nSPS) is 10.8. The predicted octanol–water partition coefficient (Wildman–Crippen LogP) is 2.43. The molecule has 1 aromatic carbocycles. The van der Waals surface area contributed by atoms with E-state index in [-0.39, 0.29) is 37.2 Å². The van der Waals surface area contributed by atoms with Gasteiger partial charge >= 0.3 is 42.1 Å². The third kappa shape index (κ3) is 18.0. The van der Waals surface area contributed by atoms with Gasteiger partial charge in [0.1, 0.15) is 5.69 Å². The Morgan fingerprint density at radius 3 is 1.73 bits per heavy atom. The summed E-state index contributed by atoms with van der Waals surface area (Å²) < 4.78 is 40.2. The third-order valence-electron chi connectivity index (χ3n) is 2.77. The average molecular weight is 552 g/mol. The number of fused-ring (bicyclic) bond motifs is 1. The fraction of sp³-hybridized carbons (Fsp3) is 0.375. The van der Waals surface area contributed by atoms with Crippen molar-refractivity contribution in [2.24, 2.45) is 0 Å². The van der Waals surface area contributed by atoms with Gasteiger partial charge in [-0.05, 0) is 46.6 Å². The molecule has 0 saturated carbocycles. The summed E-state index contributed by atoms with van der Waals surface area (Å²) in [4.78, 5) is 40.1. The number of para-hydroxylation sites is 2. The van der Waals surface area contributed by atoms with E-state index >= 15 is 0 Å². The van der Waals surface area contributed by atoms with E-state index < -0.39 is 24.8 Å². The minimum absolute atomic E-state index is 0. The van der Waals surface area contributed by atoms with Crippen LogP contribution in [0.2, 0.25) is 0 Å². The number of aromatic nitrogens is 3. The zero-order valence-electron chi connectivity index (χ0n) is 18.0. The zero-order valence-corrected chi connectivity index (χ0v) is 22.6. The molecule has 0 radical (unpaired) electrons. The fourth-order valence-electron chi connectivity index (χ4n) is 1.72. The van der Waals surface area contributed by atoms with E-state index in [1.54, 1.807) is 32.1 Å². The van der Waals surface area contributed by atoms with Gasteiger partial charge in [0.05, 0.1) is 36.4 Å². The Kier molecular flexibility index (Phi) is 22.1. The maximum atomic E-state index is 9.41. The van der Waals surface area contributed by atoms with E-state index in [9.17, 15) is 28.4 Å². The van der Waals surface area contributed by atoms with Crippen LogP contribution in [0.3, 0.4) is 0 Å². The van der Waals surface area contributed by atoms with Crippen molar-refractivity contribution in [1.82, 2.24) is 15.0 Å². The van der Waals surface area contributed by atoms with E-state index in [1.807, 2.05) is 35.2 Å². The first-order valence-electron chi connectivity index (χ1n) is 8.90. The maximum absolute atomic E-state index is 9.41. The van der Waals surface area contributed by atoms with Crippen molar-refractivity contribution in [3.63, 3.8) is 0 Å². The van der Waals surface area contributed by atoms with Crippen LogP contribution in [0.15, 0.2) is 35.2 Å².